The van der Waals surface area contributed by atoms with Crippen LogP contribution < -0.4 is 9.47 Å². The molecule has 90 valence electrons. The molecule has 0 N–H and O–H groups in total. The van der Waals surface area contributed by atoms with E-state index in [0.717, 1.165) is 22.9 Å². The van der Waals surface area contributed by atoms with E-state index in [1.54, 1.807) is 20.3 Å². The fraction of sp³-hybridized carbons (Fsp3) is 0.417. The number of rotatable bonds is 4. The lowest BCUT2D eigenvalue weighted by atomic mass is 10.0. The maximum absolute atomic E-state index is 10.5. The summed E-state index contributed by atoms with van der Waals surface area (Å²) in [5.74, 6) is 1.26. The third-order valence-corrected chi connectivity index (χ3v) is 3.39. The smallest absolute Gasteiger partial charge is 0.235 e. The molecule has 1 saturated carbocycles. The summed E-state index contributed by atoms with van der Waals surface area (Å²) in [4.78, 5) is 14.4. The maximum atomic E-state index is 10.5. The molecule has 0 aliphatic heterocycles. The second kappa shape index (κ2) is 4.51. The molecule has 0 spiro atoms. The lowest BCUT2D eigenvalue weighted by Crippen LogP contribution is -2.06. The second-order valence-corrected chi connectivity index (χ2v) is 4.84. The highest BCUT2D eigenvalue weighted by Crippen LogP contribution is 2.54. The molecule has 5 heteroatoms. The van der Waals surface area contributed by atoms with Crippen molar-refractivity contribution in [3.8, 4) is 11.5 Å². The van der Waals surface area contributed by atoms with E-state index in [2.05, 4.69) is 20.9 Å². The molecule has 0 heterocycles. The zero-order valence-corrected chi connectivity index (χ0v) is 11.2. The number of methoxy groups -OCH3 is 2. The van der Waals surface area contributed by atoms with E-state index in [4.69, 9.17) is 9.47 Å². The molecule has 17 heavy (non-hydrogen) atoms. The van der Waals surface area contributed by atoms with Gasteiger partial charge in [-0.2, -0.15) is 4.99 Å². The molecule has 0 aromatic heterocycles. The first-order valence-electron chi connectivity index (χ1n) is 5.18. The lowest BCUT2D eigenvalue weighted by Gasteiger charge is -2.17. The number of ether oxygens (including phenoxy) is 2. The minimum Gasteiger partial charge on any atom is -0.493 e. The Bertz CT molecular complexity index is 491. The summed E-state index contributed by atoms with van der Waals surface area (Å²) in [7, 11) is 3.16. The Morgan fingerprint density at radius 1 is 1.35 bits per heavy atom. The molecule has 1 aromatic rings. The van der Waals surface area contributed by atoms with Crippen molar-refractivity contribution in [2.75, 3.05) is 14.2 Å². The molecule has 1 aromatic carbocycles. The van der Waals surface area contributed by atoms with Crippen LogP contribution in [0.2, 0.25) is 0 Å². The minimum absolute atomic E-state index is 0.468. The summed E-state index contributed by atoms with van der Waals surface area (Å²) < 4.78 is 11.5. The molecule has 0 unspecified atom stereocenters. The second-order valence-electron chi connectivity index (χ2n) is 3.92. The molecule has 0 atom stereocenters. The Hall–Kier alpha value is -1.32. The minimum atomic E-state index is -0.468. The van der Waals surface area contributed by atoms with Crippen LogP contribution in [0.1, 0.15) is 18.4 Å². The first kappa shape index (κ1) is 12.1. The highest BCUT2D eigenvalue weighted by molar-refractivity contribution is 9.10. The average molecular weight is 298 g/mol. The van der Waals surface area contributed by atoms with E-state index in [0.29, 0.717) is 11.5 Å². The van der Waals surface area contributed by atoms with Gasteiger partial charge in [0.05, 0.1) is 14.2 Å². The van der Waals surface area contributed by atoms with E-state index in [1.807, 2.05) is 12.1 Å². The first-order valence-corrected chi connectivity index (χ1v) is 5.97. The number of hydrogen-bond acceptors (Lipinski definition) is 4. The first-order chi connectivity index (χ1) is 8.16. The molecule has 0 amide bonds. The number of benzene rings is 1. The Morgan fingerprint density at radius 2 is 2.06 bits per heavy atom. The molecular weight excluding hydrogens is 286 g/mol. The quantitative estimate of drug-likeness (QED) is 0.634. The van der Waals surface area contributed by atoms with Gasteiger partial charge in [0.15, 0.2) is 11.5 Å². The van der Waals surface area contributed by atoms with Gasteiger partial charge in [-0.25, -0.2) is 4.79 Å². The summed E-state index contributed by atoms with van der Waals surface area (Å²) in [5, 5.41) is 0. The van der Waals surface area contributed by atoms with E-state index >= 15 is 0 Å². The van der Waals surface area contributed by atoms with Crippen molar-refractivity contribution in [3.63, 3.8) is 0 Å². The number of carbonyl (C=O) groups excluding carboxylic acids is 1. The van der Waals surface area contributed by atoms with Crippen LogP contribution >= 0.6 is 15.9 Å². The van der Waals surface area contributed by atoms with Crippen molar-refractivity contribution in [1.29, 1.82) is 0 Å². The van der Waals surface area contributed by atoms with Crippen LogP contribution in [-0.2, 0) is 10.3 Å². The normalized spacial score (nSPS) is 15.9. The molecule has 2 rings (SSSR count). The Balaban J connectivity index is 2.60. The third kappa shape index (κ3) is 2.08. The van der Waals surface area contributed by atoms with Gasteiger partial charge in [0.25, 0.3) is 0 Å². The van der Waals surface area contributed by atoms with Crippen molar-refractivity contribution >= 4 is 22.0 Å². The third-order valence-electron chi connectivity index (χ3n) is 2.93. The summed E-state index contributed by atoms with van der Waals surface area (Å²) in [6.07, 6.45) is 3.30. The largest absolute Gasteiger partial charge is 0.493 e. The van der Waals surface area contributed by atoms with Crippen molar-refractivity contribution < 1.29 is 14.3 Å². The molecule has 1 fully saturated rings. The van der Waals surface area contributed by atoms with Crippen molar-refractivity contribution in [2.24, 2.45) is 4.99 Å². The number of isocyanates is 1. The Morgan fingerprint density at radius 3 is 2.53 bits per heavy atom. The monoisotopic (exact) mass is 297 g/mol. The van der Waals surface area contributed by atoms with E-state index in [-0.39, 0.29) is 0 Å². The van der Waals surface area contributed by atoms with Gasteiger partial charge < -0.3 is 9.47 Å². The average Bonchev–Trinajstić information content (AvgIpc) is 3.09. The topological polar surface area (TPSA) is 47.9 Å². The molecule has 0 saturated heterocycles. The van der Waals surface area contributed by atoms with Gasteiger partial charge in [-0.05, 0) is 25.0 Å². The summed E-state index contributed by atoms with van der Waals surface area (Å²) >= 11 is 3.41. The van der Waals surface area contributed by atoms with Crippen LogP contribution in [0.5, 0.6) is 11.5 Å². The van der Waals surface area contributed by atoms with Gasteiger partial charge >= 0.3 is 0 Å². The predicted molar refractivity (Wildman–Crippen MR) is 66.3 cm³/mol. The van der Waals surface area contributed by atoms with E-state index in [1.165, 1.54) is 0 Å². The summed E-state index contributed by atoms with van der Waals surface area (Å²) in [6.45, 7) is 0. The number of hydrogen-bond donors (Lipinski definition) is 0. The van der Waals surface area contributed by atoms with Gasteiger partial charge in [-0.15, -0.1) is 0 Å². The SMILES string of the molecule is COc1cc(Br)cc(C2(N=C=O)CC2)c1OC. The van der Waals surface area contributed by atoms with Crippen molar-refractivity contribution in [2.45, 2.75) is 18.4 Å². The van der Waals surface area contributed by atoms with E-state index < -0.39 is 5.54 Å². The van der Waals surface area contributed by atoms with Crippen LogP contribution in [0.15, 0.2) is 21.6 Å². The molecule has 0 radical (unpaired) electrons. The van der Waals surface area contributed by atoms with Crippen molar-refractivity contribution in [1.82, 2.24) is 0 Å². The fourth-order valence-electron chi connectivity index (χ4n) is 1.92. The highest BCUT2D eigenvalue weighted by Gasteiger charge is 2.47. The molecular formula is C12H12BrNO3. The van der Waals surface area contributed by atoms with Crippen LogP contribution in [0.3, 0.4) is 0 Å². The highest BCUT2D eigenvalue weighted by atomic mass is 79.9. The van der Waals surface area contributed by atoms with Crippen LogP contribution in [-0.4, -0.2) is 20.3 Å². The van der Waals surface area contributed by atoms with Crippen molar-refractivity contribution in [3.05, 3.63) is 22.2 Å². The molecule has 1 aliphatic carbocycles. The van der Waals surface area contributed by atoms with Gasteiger partial charge in [-0.1, -0.05) is 15.9 Å². The van der Waals surface area contributed by atoms with Gasteiger partial charge in [0.1, 0.15) is 5.54 Å². The van der Waals surface area contributed by atoms with Crippen LogP contribution in [0, 0.1) is 0 Å². The summed E-state index contributed by atoms with van der Waals surface area (Å²) in [6, 6.07) is 3.73. The Labute approximate surface area is 108 Å². The zero-order valence-electron chi connectivity index (χ0n) is 9.62. The Kier molecular flexibility index (Phi) is 3.22. The van der Waals surface area contributed by atoms with Crippen LogP contribution in [0.4, 0.5) is 0 Å². The zero-order chi connectivity index (χ0) is 12.5. The number of halogens is 1. The number of nitrogens with zero attached hydrogens (tertiary/aromatic N) is 1. The maximum Gasteiger partial charge on any atom is 0.235 e. The summed E-state index contributed by atoms with van der Waals surface area (Å²) in [5.41, 5.74) is 0.402. The van der Waals surface area contributed by atoms with Gasteiger partial charge in [0, 0.05) is 10.0 Å². The molecule has 1 aliphatic rings. The lowest BCUT2D eigenvalue weighted by molar-refractivity contribution is 0.348. The number of aliphatic imine (C=N–C) groups is 1. The van der Waals surface area contributed by atoms with Crippen LogP contribution in [0.25, 0.3) is 0 Å². The fourth-order valence-corrected chi connectivity index (χ4v) is 2.36. The molecule has 0 bridgehead atoms. The van der Waals surface area contributed by atoms with Gasteiger partial charge in [0.2, 0.25) is 6.08 Å². The predicted octanol–water partition coefficient (Wildman–Crippen LogP) is 2.79. The van der Waals surface area contributed by atoms with E-state index in [9.17, 15) is 4.79 Å². The van der Waals surface area contributed by atoms with Gasteiger partial charge in [-0.3, -0.25) is 0 Å². The standard InChI is InChI=1S/C12H12BrNO3/c1-16-10-6-8(13)5-9(11(10)17-2)12(3-4-12)14-7-15/h5-6H,3-4H2,1-2H3. The molecule has 4 nitrogen and oxygen atoms in total.